The van der Waals surface area contributed by atoms with Crippen LogP contribution in [0.25, 0.3) is 0 Å². The first-order valence-electron chi connectivity index (χ1n) is 21.4. The van der Waals surface area contributed by atoms with E-state index < -0.39 is 7.92 Å². The predicted octanol–water partition coefficient (Wildman–Crippen LogP) is 12.7. The number of hydrogen-bond acceptors (Lipinski definition) is 6. The van der Waals surface area contributed by atoms with Crippen LogP contribution >= 0.6 is 7.92 Å². The summed E-state index contributed by atoms with van der Waals surface area (Å²) in [6, 6.07) is 0. The predicted molar refractivity (Wildman–Crippen MR) is 221 cm³/mol. The van der Waals surface area contributed by atoms with Crippen LogP contribution in [0.15, 0.2) is 24.3 Å². The minimum Gasteiger partial charge on any atom is -0.461 e. The highest BCUT2D eigenvalue weighted by Gasteiger charge is 2.17. The van der Waals surface area contributed by atoms with E-state index in [4.69, 9.17) is 9.47 Å². The van der Waals surface area contributed by atoms with Gasteiger partial charge in [-0.3, -0.25) is 14.4 Å². The second-order valence-electron chi connectivity index (χ2n) is 14.7. The molecule has 0 aliphatic heterocycles. The van der Waals surface area contributed by atoms with Crippen molar-refractivity contribution in [3.63, 3.8) is 0 Å². The summed E-state index contributed by atoms with van der Waals surface area (Å²) in [5.41, 5.74) is 0.499. The standard InChI is InChI=1S/C44H82NO5P/c1-5-7-9-11-13-15-17-23-29-38-49-42(46)34-27-21-19-25-31-40-51(44(48)36-33-37-45(3)4)41-32-26-20-22-28-35-43(47)50-39-30-24-18-16-14-12-10-8-6-2/h23-24,29-30H,5-22,25-28,31-41H2,1-4H3/b29-23-,30-24-. The van der Waals surface area contributed by atoms with E-state index in [1.165, 1.54) is 77.0 Å². The monoisotopic (exact) mass is 736 g/mol. The van der Waals surface area contributed by atoms with Gasteiger partial charge in [0, 0.05) is 19.3 Å². The fourth-order valence-electron chi connectivity index (χ4n) is 6.15. The third-order valence-electron chi connectivity index (χ3n) is 9.43. The van der Waals surface area contributed by atoms with Crippen molar-refractivity contribution in [1.82, 2.24) is 4.90 Å². The molecule has 51 heavy (non-hydrogen) atoms. The Morgan fingerprint density at radius 1 is 0.471 bits per heavy atom. The van der Waals surface area contributed by atoms with Crippen LogP contribution in [0.2, 0.25) is 0 Å². The second kappa shape index (κ2) is 39.7. The van der Waals surface area contributed by atoms with Crippen LogP contribution in [-0.4, -0.2) is 68.5 Å². The van der Waals surface area contributed by atoms with Gasteiger partial charge in [-0.05, 0) is 98.7 Å². The maximum absolute atomic E-state index is 13.1. The zero-order chi connectivity index (χ0) is 37.5. The zero-order valence-corrected chi connectivity index (χ0v) is 35.0. The van der Waals surface area contributed by atoms with Gasteiger partial charge in [-0.2, -0.15) is 0 Å². The molecule has 0 radical (unpaired) electrons. The average Bonchev–Trinajstić information content (AvgIpc) is 3.11. The number of rotatable bonds is 39. The Morgan fingerprint density at radius 3 is 1.29 bits per heavy atom. The minimum absolute atomic E-state index is 0.0900. The molecule has 0 N–H and O–H groups in total. The van der Waals surface area contributed by atoms with Crippen molar-refractivity contribution >= 4 is 25.4 Å². The lowest BCUT2D eigenvalue weighted by Gasteiger charge is -2.17. The van der Waals surface area contributed by atoms with Crippen molar-refractivity contribution in [2.75, 3.05) is 46.2 Å². The highest BCUT2D eigenvalue weighted by atomic mass is 31.1. The molecular formula is C44H82NO5P. The summed E-state index contributed by atoms with van der Waals surface area (Å²) in [5, 5.41) is 0. The van der Waals surface area contributed by atoms with Crippen LogP contribution in [0.1, 0.15) is 194 Å². The van der Waals surface area contributed by atoms with Gasteiger partial charge < -0.3 is 14.4 Å². The van der Waals surface area contributed by atoms with E-state index in [1.807, 2.05) is 12.2 Å². The van der Waals surface area contributed by atoms with E-state index in [-0.39, 0.29) is 11.9 Å². The van der Waals surface area contributed by atoms with Crippen LogP contribution in [0.3, 0.4) is 0 Å². The number of ether oxygens (including phenoxy) is 2. The van der Waals surface area contributed by atoms with E-state index in [0.29, 0.717) is 38.0 Å². The summed E-state index contributed by atoms with van der Waals surface area (Å²) >= 11 is 0. The first-order chi connectivity index (χ1) is 24.9. The number of unbranched alkanes of at least 4 members (excludes halogenated alkanes) is 20. The molecule has 0 fully saturated rings. The third-order valence-corrected chi connectivity index (χ3v) is 12.1. The van der Waals surface area contributed by atoms with Crippen LogP contribution in [-0.2, 0) is 23.9 Å². The molecule has 0 aliphatic carbocycles. The van der Waals surface area contributed by atoms with Crippen LogP contribution in [0.5, 0.6) is 0 Å². The molecule has 0 saturated heterocycles. The molecule has 0 aromatic heterocycles. The molecule has 0 unspecified atom stereocenters. The normalized spacial score (nSPS) is 11.8. The molecule has 0 atom stereocenters. The molecule has 7 heteroatoms. The van der Waals surface area contributed by atoms with Crippen LogP contribution in [0.4, 0.5) is 0 Å². The molecule has 0 rings (SSSR count). The van der Waals surface area contributed by atoms with Gasteiger partial charge in [0.15, 0.2) is 5.52 Å². The maximum atomic E-state index is 13.1. The summed E-state index contributed by atoms with van der Waals surface area (Å²) < 4.78 is 10.7. The van der Waals surface area contributed by atoms with Crippen molar-refractivity contribution in [1.29, 1.82) is 0 Å². The molecule has 0 bridgehead atoms. The maximum Gasteiger partial charge on any atom is 0.306 e. The van der Waals surface area contributed by atoms with Gasteiger partial charge in [0.25, 0.3) is 0 Å². The van der Waals surface area contributed by atoms with Crippen molar-refractivity contribution in [2.45, 2.75) is 194 Å². The van der Waals surface area contributed by atoms with Crippen LogP contribution < -0.4 is 0 Å². The quantitative estimate of drug-likeness (QED) is 0.0271. The summed E-state index contributed by atoms with van der Waals surface area (Å²) in [4.78, 5) is 39.4. The third kappa shape index (κ3) is 38.0. The lowest BCUT2D eigenvalue weighted by Crippen LogP contribution is -2.14. The molecule has 0 aromatic rings. The number of allylic oxidation sites excluding steroid dienone is 2. The molecule has 0 saturated carbocycles. The van der Waals surface area contributed by atoms with E-state index in [0.717, 1.165) is 102 Å². The number of carbonyl (C=O) groups is 3. The summed E-state index contributed by atoms with van der Waals surface area (Å²) in [6.07, 6.45) is 41.3. The Labute approximate surface area is 317 Å². The second-order valence-corrected chi connectivity index (χ2v) is 17.2. The van der Waals surface area contributed by atoms with E-state index in [2.05, 4.69) is 45.0 Å². The molecule has 0 amide bonds. The molecule has 298 valence electrons. The Bertz CT molecular complexity index is 802. The number of esters is 2. The largest absolute Gasteiger partial charge is 0.461 e. The smallest absolute Gasteiger partial charge is 0.306 e. The lowest BCUT2D eigenvalue weighted by atomic mass is 10.1. The van der Waals surface area contributed by atoms with Crippen molar-refractivity contribution in [3.8, 4) is 0 Å². The molecule has 0 aromatic carbocycles. The van der Waals surface area contributed by atoms with Crippen molar-refractivity contribution in [3.05, 3.63) is 24.3 Å². The summed E-state index contributed by atoms with van der Waals surface area (Å²) in [6.45, 7) is 6.24. The van der Waals surface area contributed by atoms with Gasteiger partial charge in [0.2, 0.25) is 0 Å². The van der Waals surface area contributed by atoms with Crippen molar-refractivity contribution < 1.29 is 23.9 Å². The fourth-order valence-corrected chi connectivity index (χ4v) is 8.56. The Hall–Kier alpha value is -1.52. The summed E-state index contributed by atoms with van der Waals surface area (Å²) in [7, 11) is 3.56. The van der Waals surface area contributed by atoms with Gasteiger partial charge in [-0.25, -0.2) is 0 Å². The summed E-state index contributed by atoms with van der Waals surface area (Å²) in [5.74, 6) is -0.180. The van der Waals surface area contributed by atoms with Gasteiger partial charge >= 0.3 is 11.9 Å². The molecule has 0 spiro atoms. The molecule has 0 aliphatic rings. The number of carbonyl (C=O) groups excluding carboxylic acids is 3. The molecule has 6 nitrogen and oxygen atoms in total. The fraction of sp³-hybridized carbons (Fsp3) is 0.841. The molecule has 0 heterocycles. The topological polar surface area (TPSA) is 72.9 Å². The lowest BCUT2D eigenvalue weighted by molar-refractivity contribution is -0.143. The Balaban J connectivity index is 4.03. The highest BCUT2D eigenvalue weighted by Crippen LogP contribution is 2.40. The zero-order valence-electron chi connectivity index (χ0n) is 34.1. The minimum atomic E-state index is -0.575. The first-order valence-corrected chi connectivity index (χ1v) is 23.2. The SMILES string of the molecule is CCCCCCCC/C=C\COC(=O)CCCCCCCP(CCCCCCCC(=O)OC/C=C\CCCCCCCC)C(=O)CCCN(C)C. The first kappa shape index (κ1) is 49.5. The van der Waals surface area contributed by atoms with Crippen molar-refractivity contribution in [2.24, 2.45) is 0 Å². The highest BCUT2D eigenvalue weighted by molar-refractivity contribution is 7.74. The Kier molecular flexibility index (Phi) is 38.5. The Morgan fingerprint density at radius 2 is 0.863 bits per heavy atom. The van der Waals surface area contributed by atoms with E-state index in [9.17, 15) is 14.4 Å². The number of hydrogen-bond donors (Lipinski definition) is 0. The van der Waals surface area contributed by atoms with Gasteiger partial charge in [-0.15, -0.1) is 0 Å². The average molecular weight is 736 g/mol. The molecular weight excluding hydrogens is 653 g/mol. The number of nitrogens with zero attached hydrogens (tertiary/aromatic N) is 1. The van der Waals surface area contributed by atoms with Crippen LogP contribution in [0, 0.1) is 0 Å². The van der Waals surface area contributed by atoms with Gasteiger partial charge in [0.05, 0.1) is 0 Å². The van der Waals surface area contributed by atoms with E-state index >= 15 is 0 Å². The van der Waals surface area contributed by atoms with Gasteiger partial charge in [-0.1, -0.05) is 141 Å². The van der Waals surface area contributed by atoms with E-state index in [1.54, 1.807) is 0 Å². The van der Waals surface area contributed by atoms with Gasteiger partial charge in [0.1, 0.15) is 13.2 Å².